The van der Waals surface area contributed by atoms with Crippen molar-refractivity contribution in [2.24, 2.45) is 17.6 Å². The standard InChI is InChI=1S/C16H20N4O4/c1-8(6-13(21)22)19-15(23)11-7-12(11)16(24)20-10-4-2-9(3-5-10)14(17)18/h2-5,8,11-12H,6-7H2,1H3,(H3,17,18)(H,19,23)(H,20,24)(H,21,22). The first-order chi connectivity index (χ1) is 11.3. The maximum atomic E-state index is 12.1. The van der Waals surface area contributed by atoms with Crippen LogP contribution in [-0.2, 0) is 14.4 Å². The minimum absolute atomic E-state index is 0.0534. The molecule has 1 fully saturated rings. The third-order valence-corrected chi connectivity index (χ3v) is 3.80. The summed E-state index contributed by atoms with van der Waals surface area (Å²) in [6.07, 6.45) is 0.292. The van der Waals surface area contributed by atoms with Gasteiger partial charge in [-0.1, -0.05) is 0 Å². The smallest absolute Gasteiger partial charge is 0.305 e. The van der Waals surface area contributed by atoms with Crippen LogP contribution in [0.1, 0.15) is 25.3 Å². The summed E-state index contributed by atoms with van der Waals surface area (Å²) in [6, 6.07) is 6.06. The molecule has 0 aliphatic heterocycles. The first-order valence-electron chi connectivity index (χ1n) is 7.55. The number of nitrogens with one attached hydrogen (secondary N) is 3. The van der Waals surface area contributed by atoms with E-state index in [0.29, 0.717) is 17.7 Å². The quantitative estimate of drug-likeness (QED) is 0.365. The number of benzene rings is 1. The maximum absolute atomic E-state index is 12.1. The molecule has 3 unspecified atom stereocenters. The van der Waals surface area contributed by atoms with Crippen molar-refractivity contribution in [3.05, 3.63) is 29.8 Å². The fourth-order valence-electron chi connectivity index (χ4n) is 2.41. The van der Waals surface area contributed by atoms with Gasteiger partial charge >= 0.3 is 5.97 Å². The van der Waals surface area contributed by atoms with Crippen LogP contribution in [-0.4, -0.2) is 34.8 Å². The van der Waals surface area contributed by atoms with Crippen LogP contribution in [0.5, 0.6) is 0 Å². The second-order valence-corrected chi connectivity index (χ2v) is 5.94. The van der Waals surface area contributed by atoms with Crippen LogP contribution in [0, 0.1) is 17.2 Å². The van der Waals surface area contributed by atoms with E-state index in [4.69, 9.17) is 16.2 Å². The molecule has 0 saturated heterocycles. The van der Waals surface area contributed by atoms with Crippen molar-refractivity contribution >= 4 is 29.3 Å². The van der Waals surface area contributed by atoms with Gasteiger partial charge in [0.25, 0.3) is 0 Å². The van der Waals surface area contributed by atoms with Gasteiger partial charge in [-0.3, -0.25) is 19.8 Å². The van der Waals surface area contributed by atoms with Gasteiger partial charge in [-0.25, -0.2) is 0 Å². The predicted octanol–water partition coefficient (Wildman–Crippen LogP) is 0.525. The van der Waals surface area contributed by atoms with Crippen molar-refractivity contribution in [3.8, 4) is 0 Å². The predicted molar refractivity (Wildman–Crippen MR) is 87.5 cm³/mol. The SMILES string of the molecule is CC(CC(=O)O)NC(=O)C1CC1C(=O)Nc1ccc(C(=N)N)cc1. The number of amides is 2. The van der Waals surface area contributed by atoms with Crippen LogP contribution < -0.4 is 16.4 Å². The summed E-state index contributed by atoms with van der Waals surface area (Å²) < 4.78 is 0. The van der Waals surface area contributed by atoms with Crippen molar-refractivity contribution in [3.63, 3.8) is 0 Å². The summed E-state index contributed by atoms with van der Waals surface area (Å²) in [5.74, 6) is -2.41. The number of carbonyl (C=O) groups excluding carboxylic acids is 2. The lowest BCUT2D eigenvalue weighted by Gasteiger charge is -2.11. The summed E-state index contributed by atoms with van der Waals surface area (Å²) in [5, 5.41) is 21.3. The number of rotatable bonds is 7. The number of hydrogen-bond donors (Lipinski definition) is 5. The van der Waals surface area contributed by atoms with E-state index < -0.39 is 23.8 Å². The summed E-state index contributed by atoms with van der Waals surface area (Å²) in [6.45, 7) is 1.61. The average molecular weight is 332 g/mol. The fourth-order valence-corrected chi connectivity index (χ4v) is 2.41. The molecule has 0 aromatic heterocycles. The molecule has 8 heteroatoms. The van der Waals surface area contributed by atoms with Gasteiger partial charge in [0, 0.05) is 17.3 Å². The molecule has 1 aliphatic rings. The van der Waals surface area contributed by atoms with E-state index in [2.05, 4.69) is 10.6 Å². The van der Waals surface area contributed by atoms with Crippen LogP contribution in [0.4, 0.5) is 5.69 Å². The first-order valence-corrected chi connectivity index (χ1v) is 7.55. The molecule has 0 radical (unpaired) electrons. The molecule has 1 saturated carbocycles. The third kappa shape index (κ3) is 4.55. The zero-order valence-electron chi connectivity index (χ0n) is 13.2. The highest BCUT2D eigenvalue weighted by Gasteiger charge is 2.48. The zero-order valence-corrected chi connectivity index (χ0v) is 13.2. The molecule has 3 atom stereocenters. The Kier molecular flexibility index (Phi) is 5.18. The van der Waals surface area contributed by atoms with Gasteiger partial charge < -0.3 is 21.5 Å². The zero-order chi connectivity index (χ0) is 17.9. The number of carboxylic acid groups (broad SMARTS) is 1. The second kappa shape index (κ2) is 7.12. The Morgan fingerprint density at radius 1 is 1.25 bits per heavy atom. The van der Waals surface area contributed by atoms with Crippen molar-refractivity contribution < 1.29 is 19.5 Å². The molecule has 2 rings (SSSR count). The van der Waals surface area contributed by atoms with Crippen LogP contribution in [0.25, 0.3) is 0 Å². The van der Waals surface area contributed by atoms with E-state index in [9.17, 15) is 14.4 Å². The molecule has 8 nitrogen and oxygen atoms in total. The van der Waals surface area contributed by atoms with E-state index in [1.165, 1.54) is 0 Å². The molecule has 0 bridgehead atoms. The topological polar surface area (TPSA) is 145 Å². The van der Waals surface area contributed by atoms with Crippen LogP contribution in [0.15, 0.2) is 24.3 Å². The van der Waals surface area contributed by atoms with E-state index in [1.54, 1.807) is 31.2 Å². The molecule has 1 aromatic rings. The van der Waals surface area contributed by atoms with Crippen LogP contribution in [0.2, 0.25) is 0 Å². The number of amidine groups is 1. The average Bonchev–Trinajstić information content (AvgIpc) is 3.27. The van der Waals surface area contributed by atoms with Gasteiger partial charge in [0.2, 0.25) is 11.8 Å². The van der Waals surface area contributed by atoms with E-state index in [1.807, 2.05) is 0 Å². The Bertz CT molecular complexity index is 671. The largest absolute Gasteiger partial charge is 0.481 e. The third-order valence-electron chi connectivity index (χ3n) is 3.80. The van der Waals surface area contributed by atoms with Gasteiger partial charge in [0.05, 0.1) is 18.3 Å². The highest BCUT2D eigenvalue weighted by molar-refractivity contribution is 6.00. The number of aliphatic carboxylic acids is 1. The number of hydrogen-bond acceptors (Lipinski definition) is 4. The Hall–Kier alpha value is -2.90. The summed E-state index contributed by atoms with van der Waals surface area (Å²) in [7, 11) is 0. The van der Waals surface area contributed by atoms with Crippen molar-refractivity contribution in [1.82, 2.24) is 5.32 Å². The molecule has 2 amide bonds. The van der Waals surface area contributed by atoms with Crippen LogP contribution >= 0.6 is 0 Å². The minimum Gasteiger partial charge on any atom is -0.481 e. The maximum Gasteiger partial charge on any atom is 0.305 e. The Labute approximate surface area is 138 Å². The van der Waals surface area contributed by atoms with Gasteiger partial charge in [0.15, 0.2) is 0 Å². The molecule has 1 aromatic carbocycles. The highest BCUT2D eigenvalue weighted by atomic mass is 16.4. The number of anilines is 1. The Morgan fingerprint density at radius 2 is 1.83 bits per heavy atom. The van der Waals surface area contributed by atoms with E-state index in [0.717, 1.165) is 0 Å². The molecule has 0 heterocycles. The molecular formula is C16H20N4O4. The highest BCUT2D eigenvalue weighted by Crippen LogP contribution is 2.39. The van der Waals surface area contributed by atoms with Gasteiger partial charge in [-0.05, 0) is 37.6 Å². The number of carbonyl (C=O) groups is 3. The van der Waals surface area contributed by atoms with Crippen molar-refractivity contribution in [2.75, 3.05) is 5.32 Å². The van der Waals surface area contributed by atoms with Crippen LogP contribution in [0.3, 0.4) is 0 Å². The van der Waals surface area contributed by atoms with Gasteiger partial charge in [0.1, 0.15) is 5.84 Å². The molecule has 6 N–H and O–H groups in total. The van der Waals surface area contributed by atoms with Crippen molar-refractivity contribution in [2.45, 2.75) is 25.8 Å². The molecule has 1 aliphatic carbocycles. The Balaban J connectivity index is 1.83. The van der Waals surface area contributed by atoms with Gasteiger partial charge in [-0.15, -0.1) is 0 Å². The number of carboxylic acids is 1. The van der Waals surface area contributed by atoms with Crippen molar-refractivity contribution in [1.29, 1.82) is 5.41 Å². The molecule has 0 spiro atoms. The summed E-state index contributed by atoms with van der Waals surface area (Å²) in [5.41, 5.74) is 6.48. The summed E-state index contributed by atoms with van der Waals surface area (Å²) in [4.78, 5) is 34.7. The van der Waals surface area contributed by atoms with Gasteiger partial charge in [-0.2, -0.15) is 0 Å². The number of nitrogens with two attached hydrogens (primary N) is 1. The molecule has 128 valence electrons. The summed E-state index contributed by atoms with van der Waals surface area (Å²) >= 11 is 0. The normalized spacial score (nSPS) is 19.9. The molecule has 24 heavy (non-hydrogen) atoms. The Morgan fingerprint density at radius 3 is 2.38 bits per heavy atom. The van der Waals surface area contributed by atoms with E-state index >= 15 is 0 Å². The van der Waals surface area contributed by atoms with E-state index in [-0.39, 0.29) is 24.1 Å². The first kappa shape index (κ1) is 17.5. The lowest BCUT2D eigenvalue weighted by atomic mass is 10.2. The number of nitrogen functional groups attached to an aromatic ring is 1. The fraction of sp³-hybridized carbons (Fsp3) is 0.375. The lowest BCUT2D eigenvalue weighted by molar-refractivity contribution is -0.137. The minimum atomic E-state index is -0.984. The molecular weight excluding hydrogens is 312 g/mol. The lowest BCUT2D eigenvalue weighted by Crippen LogP contribution is -2.36. The second-order valence-electron chi connectivity index (χ2n) is 5.94. The monoisotopic (exact) mass is 332 g/mol.